The van der Waals surface area contributed by atoms with E-state index < -0.39 is 6.09 Å². The molecule has 0 bridgehead atoms. The van der Waals surface area contributed by atoms with Crippen molar-refractivity contribution in [3.05, 3.63) is 18.2 Å². The molecule has 118 valence electrons. The molecule has 7 nitrogen and oxygen atoms in total. The standard InChI is InChI=1S/C15H21N5O2/c1-2-20-11-5-3-6-12(22-14(16)21)13(11)18-15(20)19-9-4-7-17-8-10-19/h3,5-6,17H,2,4,7-10H2,1H3,(H2,16,21). The molecule has 0 saturated carbocycles. The van der Waals surface area contributed by atoms with Crippen LogP contribution in [0.15, 0.2) is 18.2 Å². The van der Waals surface area contributed by atoms with Crippen LogP contribution >= 0.6 is 0 Å². The molecule has 1 aliphatic rings. The normalized spacial score (nSPS) is 15.8. The van der Waals surface area contributed by atoms with Crippen molar-refractivity contribution >= 4 is 23.1 Å². The molecule has 7 heteroatoms. The smallest absolute Gasteiger partial charge is 0.408 e. The maximum atomic E-state index is 11.1. The van der Waals surface area contributed by atoms with Crippen molar-refractivity contribution in [1.29, 1.82) is 0 Å². The summed E-state index contributed by atoms with van der Waals surface area (Å²) in [6.45, 7) is 6.73. The lowest BCUT2D eigenvalue weighted by atomic mass is 10.3. The number of fused-ring (bicyclic) bond motifs is 1. The highest BCUT2D eigenvalue weighted by molar-refractivity contribution is 5.87. The molecule has 0 atom stereocenters. The van der Waals surface area contributed by atoms with Crippen molar-refractivity contribution in [1.82, 2.24) is 14.9 Å². The SMILES string of the molecule is CCn1c(N2CCCNCC2)nc2c(OC(N)=O)cccc21. The number of carbonyl (C=O) groups is 1. The van der Waals surface area contributed by atoms with Crippen LogP contribution in [0.25, 0.3) is 11.0 Å². The quantitative estimate of drug-likeness (QED) is 0.893. The van der Waals surface area contributed by atoms with Crippen molar-refractivity contribution in [2.45, 2.75) is 19.9 Å². The Kier molecular flexibility index (Phi) is 4.15. The fraction of sp³-hybridized carbons (Fsp3) is 0.467. The molecule has 0 spiro atoms. The van der Waals surface area contributed by atoms with Gasteiger partial charge in [0, 0.05) is 26.2 Å². The van der Waals surface area contributed by atoms with Crippen LogP contribution in [0.3, 0.4) is 0 Å². The van der Waals surface area contributed by atoms with Crippen molar-refractivity contribution in [3.8, 4) is 5.75 Å². The maximum absolute atomic E-state index is 11.1. The number of hydrogen-bond acceptors (Lipinski definition) is 5. The molecular weight excluding hydrogens is 282 g/mol. The number of primary amides is 1. The number of nitrogens with one attached hydrogen (secondary N) is 1. The van der Waals surface area contributed by atoms with Crippen LogP contribution in [0.4, 0.5) is 10.7 Å². The summed E-state index contributed by atoms with van der Waals surface area (Å²) in [6.07, 6.45) is 0.261. The monoisotopic (exact) mass is 303 g/mol. The minimum atomic E-state index is -0.820. The van der Waals surface area contributed by atoms with E-state index in [9.17, 15) is 4.79 Å². The fourth-order valence-corrected chi connectivity index (χ4v) is 2.90. The van der Waals surface area contributed by atoms with Crippen molar-refractivity contribution in [2.24, 2.45) is 5.73 Å². The molecule has 0 radical (unpaired) electrons. The van der Waals surface area contributed by atoms with Crippen molar-refractivity contribution < 1.29 is 9.53 Å². The summed E-state index contributed by atoms with van der Waals surface area (Å²) in [5.41, 5.74) is 6.77. The first-order valence-corrected chi connectivity index (χ1v) is 7.63. The summed E-state index contributed by atoms with van der Waals surface area (Å²) in [6, 6.07) is 5.55. The Morgan fingerprint density at radius 2 is 2.27 bits per heavy atom. The van der Waals surface area contributed by atoms with Gasteiger partial charge < -0.3 is 25.3 Å². The number of rotatable bonds is 3. The van der Waals surface area contributed by atoms with E-state index in [1.165, 1.54) is 0 Å². The van der Waals surface area contributed by atoms with Crippen LogP contribution in [0, 0.1) is 0 Å². The molecule has 1 fully saturated rings. The average Bonchev–Trinajstić information content (AvgIpc) is 2.68. The Morgan fingerprint density at radius 3 is 3.05 bits per heavy atom. The number of aromatic nitrogens is 2. The van der Waals surface area contributed by atoms with Gasteiger partial charge in [0.25, 0.3) is 0 Å². The third-order valence-electron chi connectivity index (χ3n) is 3.87. The van der Waals surface area contributed by atoms with E-state index in [4.69, 9.17) is 15.5 Å². The molecular formula is C15H21N5O2. The second kappa shape index (κ2) is 6.23. The summed E-state index contributed by atoms with van der Waals surface area (Å²) in [7, 11) is 0. The fourth-order valence-electron chi connectivity index (χ4n) is 2.90. The predicted molar refractivity (Wildman–Crippen MR) is 85.3 cm³/mol. The second-order valence-corrected chi connectivity index (χ2v) is 5.29. The summed E-state index contributed by atoms with van der Waals surface area (Å²) < 4.78 is 7.23. The van der Waals surface area contributed by atoms with Crippen LogP contribution in [-0.4, -0.2) is 41.8 Å². The topological polar surface area (TPSA) is 85.4 Å². The van der Waals surface area contributed by atoms with E-state index in [0.717, 1.165) is 50.6 Å². The zero-order valence-corrected chi connectivity index (χ0v) is 12.7. The number of nitrogens with zero attached hydrogens (tertiary/aromatic N) is 3. The zero-order valence-electron chi connectivity index (χ0n) is 12.7. The molecule has 0 unspecified atom stereocenters. The molecule has 0 aliphatic carbocycles. The van der Waals surface area contributed by atoms with Gasteiger partial charge in [0.1, 0.15) is 5.52 Å². The second-order valence-electron chi connectivity index (χ2n) is 5.29. The highest BCUT2D eigenvalue weighted by atomic mass is 16.5. The van der Waals surface area contributed by atoms with Crippen LogP contribution in [0.2, 0.25) is 0 Å². The molecule has 2 aromatic rings. The Hall–Kier alpha value is -2.28. The van der Waals surface area contributed by atoms with Crippen molar-refractivity contribution in [2.75, 3.05) is 31.1 Å². The molecule has 3 N–H and O–H groups in total. The molecule has 2 heterocycles. The predicted octanol–water partition coefficient (Wildman–Crippen LogP) is 1.31. The van der Waals surface area contributed by atoms with Gasteiger partial charge in [0.2, 0.25) is 5.95 Å². The van der Waals surface area contributed by atoms with Crippen LogP contribution in [0.5, 0.6) is 5.75 Å². The molecule has 1 aromatic carbocycles. The van der Waals surface area contributed by atoms with Gasteiger partial charge in [0.05, 0.1) is 5.52 Å². The van der Waals surface area contributed by atoms with Gasteiger partial charge in [-0.1, -0.05) is 6.07 Å². The van der Waals surface area contributed by atoms with Gasteiger partial charge in [0.15, 0.2) is 5.75 Å². The number of amides is 1. The van der Waals surface area contributed by atoms with Crippen LogP contribution in [0.1, 0.15) is 13.3 Å². The van der Waals surface area contributed by atoms with E-state index in [1.807, 2.05) is 12.1 Å². The van der Waals surface area contributed by atoms with Gasteiger partial charge in [-0.2, -0.15) is 0 Å². The number of carbonyl (C=O) groups excluding carboxylic acids is 1. The summed E-state index contributed by atoms with van der Waals surface area (Å²) in [5.74, 6) is 1.33. The number of nitrogens with two attached hydrogens (primary N) is 1. The van der Waals surface area contributed by atoms with Gasteiger partial charge >= 0.3 is 6.09 Å². The third kappa shape index (κ3) is 2.71. The van der Waals surface area contributed by atoms with E-state index in [-0.39, 0.29) is 0 Å². The lowest BCUT2D eigenvalue weighted by Crippen LogP contribution is -2.30. The van der Waals surface area contributed by atoms with Gasteiger partial charge in [-0.05, 0) is 32.0 Å². The lowest BCUT2D eigenvalue weighted by Gasteiger charge is -2.21. The van der Waals surface area contributed by atoms with Crippen molar-refractivity contribution in [3.63, 3.8) is 0 Å². The zero-order chi connectivity index (χ0) is 15.5. The largest absolute Gasteiger partial charge is 0.410 e. The first kappa shape index (κ1) is 14.6. The van der Waals surface area contributed by atoms with Gasteiger partial charge in [-0.3, -0.25) is 0 Å². The Labute approximate surface area is 129 Å². The van der Waals surface area contributed by atoms with Gasteiger partial charge in [-0.15, -0.1) is 0 Å². The van der Waals surface area contributed by atoms with E-state index >= 15 is 0 Å². The number of hydrogen-bond donors (Lipinski definition) is 2. The van der Waals surface area contributed by atoms with Crippen LogP contribution in [-0.2, 0) is 6.54 Å². The summed E-state index contributed by atoms with van der Waals surface area (Å²) in [5, 5.41) is 3.39. The summed E-state index contributed by atoms with van der Waals surface area (Å²) in [4.78, 5) is 18.1. The molecule has 1 aromatic heterocycles. The molecule has 3 rings (SSSR count). The molecule has 1 aliphatic heterocycles. The molecule has 1 amide bonds. The molecule has 1 saturated heterocycles. The van der Waals surface area contributed by atoms with E-state index in [1.54, 1.807) is 6.07 Å². The van der Waals surface area contributed by atoms with Gasteiger partial charge in [-0.25, -0.2) is 9.78 Å². The number of para-hydroxylation sites is 1. The average molecular weight is 303 g/mol. The minimum Gasteiger partial charge on any atom is -0.408 e. The Bertz CT molecular complexity index is 674. The number of anilines is 1. The Morgan fingerprint density at radius 1 is 1.41 bits per heavy atom. The Balaban J connectivity index is 2.07. The molecule has 22 heavy (non-hydrogen) atoms. The number of benzene rings is 1. The van der Waals surface area contributed by atoms with E-state index in [0.29, 0.717) is 11.3 Å². The lowest BCUT2D eigenvalue weighted by molar-refractivity contribution is 0.211. The number of ether oxygens (including phenoxy) is 1. The summed E-state index contributed by atoms with van der Waals surface area (Å²) >= 11 is 0. The first-order valence-electron chi connectivity index (χ1n) is 7.63. The number of aryl methyl sites for hydroxylation is 1. The van der Waals surface area contributed by atoms with Crippen LogP contribution < -0.4 is 20.7 Å². The highest BCUT2D eigenvalue weighted by Crippen LogP contribution is 2.30. The highest BCUT2D eigenvalue weighted by Gasteiger charge is 2.20. The minimum absolute atomic E-state index is 0.409. The maximum Gasteiger partial charge on any atom is 0.410 e. The third-order valence-corrected chi connectivity index (χ3v) is 3.87. The van der Waals surface area contributed by atoms with E-state index in [2.05, 4.69) is 21.7 Å². The first-order chi connectivity index (χ1) is 10.7. The number of imidazole rings is 1.